The third-order valence-corrected chi connectivity index (χ3v) is 3.41. The molecule has 86 valence electrons. The highest BCUT2D eigenvalue weighted by atomic mass is 32.2. The van der Waals surface area contributed by atoms with E-state index in [4.69, 9.17) is 0 Å². The van der Waals surface area contributed by atoms with Crippen LogP contribution in [0.4, 0.5) is 0 Å². The lowest BCUT2D eigenvalue weighted by Gasteiger charge is -2.20. The van der Waals surface area contributed by atoms with E-state index in [1.807, 2.05) is 17.7 Å². The van der Waals surface area contributed by atoms with Crippen LogP contribution >= 0.6 is 11.8 Å². The predicted molar refractivity (Wildman–Crippen MR) is 65.1 cm³/mol. The zero-order valence-electron chi connectivity index (χ0n) is 9.90. The smallest absolute Gasteiger partial charge is 0.105 e. The Hall–Kier alpha value is -0.480. The molecular formula is C11H20N2OS. The molecule has 1 N–H and O–H groups in total. The number of rotatable bonds is 4. The molecule has 0 amide bonds. The summed E-state index contributed by atoms with van der Waals surface area (Å²) in [7, 11) is 0. The number of hydrogen-bond donors (Lipinski definition) is 1. The normalized spacial score (nSPS) is 14.2. The van der Waals surface area contributed by atoms with Crippen molar-refractivity contribution in [3.63, 3.8) is 0 Å². The van der Waals surface area contributed by atoms with Gasteiger partial charge in [-0.25, -0.2) is 0 Å². The quantitative estimate of drug-likeness (QED) is 0.860. The first kappa shape index (κ1) is 12.6. The second kappa shape index (κ2) is 5.03. The maximum absolute atomic E-state index is 10.0. The number of nitrogens with zero attached hydrogens (tertiary/aromatic N) is 2. The Morgan fingerprint density at radius 2 is 2.20 bits per heavy atom. The van der Waals surface area contributed by atoms with Gasteiger partial charge in [0, 0.05) is 23.2 Å². The molecule has 0 bridgehead atoms. The SMILES string of the molecule is CCn1nccc1C(O)CSC(C)(C)C. The number of aliphatic hydroxyl groups is 1. The van der Waals surface area contributed by atoms with Crippen LogP contribution in [-0.2, 0) is 6.54 Å². The van der Waals surface area contributed by atoms with Crippen molar-refractivity contribution in [3.8, 4) is 0 Å². The van der Waals surface area contributed by atoms with Crippen molar-refractivity contribution in [1.29, 1.82) is 0 Å². The molecule has 4 heteroatoms. The zero-order valence-corrected chi connectivity index (χ0v) is 10.7. The highest BCUT2D eigenvalue weighted by molar-refractivity contribution is 8.00. The number of thioether (sulfide) groups is 1. The standard InChI is InChI=1S/C11H20N2OS/c1-5-13-9(6-7-12-13)10(14)8-15-11(2,3)4/h6-7,10,14H,5,8H2,1-4H3. The molecule has 3 nitrogen and oxygen atoms in total. The van der Waals surface area contributed by atoms with Crippen LogP contribution in [-0.4, -0.2) is 25.4 Å². The van der Waals surface area contributed by atoms with Gasteiger partial charge in [0.05, 0.1) is 5.69 Å². The van der Waals surface area contributed by atoms with Crippen LogP contribution < -0.4 is 0 Å². The first-order valence-electron chi connectivity index (χ1n) is 5.28. The number of aromatic nitrogens is 2. The Morgan fingerprint density at radius 3 is 2.73 bits per heavy atom. The van der Waals surface area contributed by atoms with Crippen LogP contribution in [0.3, 0.4) is 0 Å². The van der Waals surface area contributed by atoms with Crippen molar-refractivity contribution < 1.29 is 5.11 Å². The first-order valence-corrected chi connectivity index (χ1v) is 6.26. The molecule has 0 saturated heterocycles. The Bertz CT molecular complexity index is 304. The largest absolute Gasteiger partial charge is 0.386 e. The Labute approximate surface area is 95.9 Å². The lowest BCUT2D eigenvalue weighted by atomic mass is 10.2. The lowest BCUT2D eigenvalue weighted by molar-refractivity contribution is 0.192. The molecule has 1 atom stereocenters. The van der Waals surface area contributed by atoms with Crippen LogP contribution in [0.25, 0.3) is 0 Å². The van der Waals surface area contributed by atoms with E-state index in [0.717, 1.165) is 18.0 Å². The van der Waals surface area contributed by atoms with E-state index < -0.39 is 6.10 Å². The fourth-order valence-corrected chi connectivity index (χ4v) is 2.13. The molecule has 1 rings (SSSR count). The van der Waals surface area contributed by atoms with Crippen molar-refractivity contribution in [2.75, 3.05) is 5.75 Å². The van der Waals surface area contributed by atoms with Crippen LogP contribution in [0.15, 0.2) is 12.3 Å². The summed E-state index contributed by atoms with van der Waals surface area (Å²) in [6.07, 6.45) is 1.32. The van der Waals surface area contributed by atoms with E-state index in [-0.39, 0.29) is 4.75 Å². The predicted octanol–water partition coefficient (Wildman–Crippen LogP) is 2.47. The Kier molecular flexibility index (Phi) is 4.22. The van der Waals surface area contributed by atoms with E-state index in [1.165, 1.54) is 0 Å². The van der Waals surface area contributed by atoms with Gasteiger partial charge in [0.25, 0.3) is 0 Å². The second-order valence-corrected chi connectivity index (χ2v) is 6.36. The van der Waals surface area contributed by atoms with E-state index in [2.05, 4.69) is 25.9 Å². The molecule has 0 radical (unpaired) electrons. The number of aliphatic hydroxyl groups excluding tert-OH is 1. The highest BCUT2D eigenvalue weighted by Crippen LogP contribution is 2.28. The summed E-state index contributed by atoms with van der Waals surface area (Å²) >= 11 is 1.77. The van der Waals surface area contributed by atoms with Gasteiger partial charge in [0.15, 0.2) is 0 Å². The third-order valence-electron chi connectivity index (χ3n) is 2.06. The molecule has 1 aromatic rings. The molecule has 0 aromatic carbocycles. The van der Waals surface area contributed by atoms with Gasteiger partial charge in [-0.1, -0.05) is 20.8 Å². The Balaban J connectivity index is 2.57. The van der Waals surface area contributed by atoms with Gasteiger partial charge in [0.2, 0.25) is 0 Å². The molecule has 0 aliphatic heterocycles. The molecule has 1 heterocycles. The molecular weight excluding hydrogens is 208 g/mol. The molecule has 0 spiro atoms. The van der Waals surface area contributed by atoms with Crippen LogP contribution in [0.5, 0.6) is 0 Å². The summed E-state index contributed by atoms with van der Waals surface area (Å²) in [4.78, 5) is 0. The minimum Gasteiger partial charge on any atom is -0.386 e. The summed E-state index contributed by atoms with van der Waals surface area (Å²) in [6, 6.07) is 1.89. The van der Waals surface area contributed by atoms with Gasteiger partial charge in [-0.3, -0.25) is 4.68 Å². The topological polar surface area (TPSA) is 38.0 Å². The van der Waals surface area contributed by atoms with E-state index in [9.17, 15) is 5.11 Å². The monoisotopic (exact) mass is 228 g/mol. The van der Waals surface area contributed by atoms with Gasteiger partial charge in [-0.2, -0.15) is 16.9 Å². The summed E-state index contributed by atoms with van der Waals surface area (Å²) in [5.41, 5.74) is 0.911. The van der Waals surface area contributed by atoms with E-state index in [1.54, 1.807) is 18.0 Å². The minimum absolute atomic E-state index is 0.193. The number of hydrogen-bond acceptors (Lipinski definition) is 3. The van der Waals surface area contributed by atoms with Crippen molar-refractivity contribution >= 4 is 11.8 Å². The van der Waals surface area contributed by atoms with Crippen LogP contribution in [0.1, 0.15) is 39.5 Å². The second-order valence-electron chi connectivity index (χ2n) is 4.51. The maximum atomic E-state index is 10.0. The van der Waals surface area contributed by atoms with Gasteiger partial charge in [-0.05, 0) is 13.0 Å². The average Bonchev–Trinajstić information content (AvgIpc) is 2.60. The molecule has 1 unspecified atom stereocenters. The number of aryl methyl sites for hydroxylation is 1. The molecule has 0 aliphatic carbocycles. The molecule has 15 heavy (non-hydrogen) atoms. The molecule has 0 fully saturated rings. The van der Waals surface area contributed by atoms with Gasteiger partial charge in [0.1, 0.15) is 6.10 Å². The summed E-state index contributed by atoms with van der Waals surface area (Å²) in [5, 5.41) is 14.2. The lowest BCUT2D eigenvalue weighted by Crippen LogP contribution is -2.14. The fourth-order valence-electron chi connectivity index (χ4n) is 1.30. The van der Waals surface area contributed by atoms with Crippen LogP contribution in [0.2, 0.25) is 0 Å². The third kappa shape index (κ3) is 3.87. The minimum atomic E-state index is -0.420. The van der Waals surface area contributed by atoms with Gasteiger partial charge < -0.3 is 5.11 Å². The first-order chi connectivity index (χ1) is 6.94. The maximum Gasteiger partial charge on any atom is 0.105 e. The van der Waals surface area contributed by atoms with E-state index >= 15 is 0 Å². The fraction of sp³-hybridized carbons (Fsp3) is 0.727. The summed E-state index contributed by atoms with van der Waals surface area (Å²) in [6.45, 7) is 9.30. The van der Waals surface area contributed by atoms with Gasteiger partial charge >= 0.3 is 0 Å². The van der Waals surface area contributed by atoms with Crippen LogP contribution in [0, 0.1) is 0 Å². The molecule has 0 aliphatic rings. The Morgan fingerprint density at radius 1 is 1.53 bits per heavy atom. The van der Waals surface area contributed by atoms with Crippen molar-refractivity contribution in [2.24, 2.45) is 0 Å². The average molecular weight is 228 g/mol. The van der Waals surface area contributed by atoms with E-state index in [0.29, 0.717) is 0 Å². The zero-order chi connectivity index (χ0) is 11.5. The molecule has 0 saturated carbocycles. The molecule has 1 aromatic heterocycles. The van der Waals surface area contributed by atoms with Crippen molar-refractivity contribution in [1.82, 2.24) is 9.78 Å². The highest BCUT2D eigenvalue weighted by Gasteiger charge is 2.17. The summed E-state index contributed by atoms with van der Waals surface area (Å²) in [5.74, 6) is 0.717. The summed E-state index contributed by atoms with van der Waals surface area (Å²) < 4.78 is 2.03. The van der Waals surface area contributed by atoms with Crippen molar-refractivity contribution in [2.45, 2.75) is 45.1 Å². The van der Waals surface area contributed by atoms with Gasteiger partial charge in [-0.15, -0.1) is 0 Å². The van der Waals surface area contributed by atoms with Crippen molar-refractivity contribution in [3.05, 3.63) is 18.0 Å².